The van der Waals surface area contributed by atoms with Crippen molar-refractivity contribution in [3.05, 3.63) is 46.5 Å². The third-order valence-corrected chi connectivity index (χ3v) is 7.46. The fourth-order valence-electron chi connectivity index (χ4n) is 3.72. The first-order valence-electron chi connectivity index (χ1n) is 9.07. The average Bonchev–Trinajstić information content (AvgIpc) is 3.34. The number of hydrogen-bond donors (Lipinski definition) is 0. The minimum atomic E-state index is -2.89. The lowest BCUT2D eigenvalue weighted by Gasteiger charge is -2.27. The van der Waals surface area contributed by atoms with Crippen LogP contribution in [0, 0.1) is 11.7 Å². The molecule has 6 nitrogen and oxygen atoms in total. The highest BCUT2D eigenvalue weighted by molar-refractivity contribution is 7.91. The van der Waals surface area contributed by atoms with Crippen molar-refractivity contribution in [2.45, 2.75) is 51.5 Å². The zero-order chi connectivity index (χ0) is 18.3. The van der Waals surface area contributed by atoms with Crippen LogP contribution in [0.1, 0.15) is 30.7 Å². The lowest BCUT2D eigenvalue weighted by atomic mass is 10.2. The van der Waals surface area contributed by atoms with E-state index in [1.165, 1.54) is 5.56 Å². The second-order valence-corrected chi connectivity index (χ2v) is 9.94. The van der Waals surface area contributed by atoms with Gasteiger partial charge in [0.05, 0.1) is 24.7 Å². The van der Waals surface area contributed by atoms with Crippen LogP contribution in [-0.2, 0) is 23.1 Å². The average molecular weight is 393 g/mol. The van der Waals surface area contributed by atoms with E-state index in [4.69, 9.17) is 12.2 Å². The fraction of sp³-hybridized carbons (Fsp3) is 0.556. The largest absolute Gasteiger partial charge is 0.300 e. The molecule has 2 aliphatic rings. The molecule has 1 atom stereocenters. The van der Waals surface area contributed by atoms with E-state index in [0.29, 0.717) is 29.8 Å². The molecule has 1 saturated carbocycles. The first kappa shape index (κ1) is 17.9. The highest BCUT2D eigenvalue weighted by Gasteiger charge is 2.39. The molecule has 4 rings (SSSR count). The van der Waals surface area contributed by atoms with Gasteiger partial charge in [0, 0.05) is 12.1 Å². The maximum Gasteiger partial charge on any atom is 0.199 e. The van der Waals surface area contributed by atoms with E-state index in [2.05, 4.69) is 22.1 Å². The summed E-state index contributed by atoms with van der Waals surface area (Å²) < 4.78 is 28.4. The van der Waals surface area contributed by atoms with Crippen molar-refractivity contribution in [1.29, 1.82) is 0 Å². The van der Waals surface area contributed by atoms with Crippen molar-refractivity contribution in [2.24, 2.45) is 0 Å². The number of nitrogens with zero attached hydrogens (tertiary/aromatic N) is 4. The van der Waals surface area contributed by atoms with Crippen LogP contribution in [0.5, 0.6) is 0 Å². The lowest BCUT2D eigenvalue weighted by Crippen LogP contribution is -2.39. The second kappa shape index (κ2) is 6.90. The van der Waals surface area contributed by atoms with Gasteiger partial charge < -0.3 is 0 Å². The van der Waals surface area contributed by atoms with Gasteiger partial charge in [0.15, 0.2) is 14.6 Å². The van der Waals surface area contributed by atoms with Gasteiger partial charge in [-0.1, -0.05) is 30.3 Å². The molecule has 1 aliphatic carbocycles. The summed E-state index contributed by atoms with van der Waals surface area (Å²) in [5.74, 6) is 1.45. The Morgan fingerprint density at radius 3 is 2.54 bits per heavy atom. The minimum Gasteiger partial charge on any atom is -0.300 e. The molecule has 0 unspecified atom stereocenters. The molecule has 0 amide bonds. The van der Waals surface area contributed by atoms with Crippen LogP contribution in [0.3, 0.4) is 0 Å². The van der Waals surface area contributed by atoms with Gasteiger partial charge in [-0.15, -0.1) is 0 Å². The van der Waals surface area contributed by atoms with E-state index in [1.807, 2.05) is 34.4 Å². The number of aryl methyl sites for hydroxylation is 1. The third-order valence-electron chi connectivity index (χ3n) is 5.28. The van der Waals surface area contributed by atoms with Crippen LogP contribution in [0.2, 0.25) is 0 Å². The summed E-state index contributed by atoms with van der Waals surface area (Å²) in [6.07, 6.45) is 2.98. The van der Waals surface area contributed by atoms with Gasteiger partial charge in [-0.25, -0.2) is 13.1 Å². The molecule has 1 aromatic carbocycles. The maximum atomic E-state index is 11.9. The van der Waals surface area contributed by atoms with Crippen LogP contribution in [-0.4, -0.2) is 51.3 Å². The van der Waals surface area contributed by atoms with E-state index in [-0.39, 0.29) is 11.8 Å². The standard InChI is InChI=1S/C18H24N4O2S2/c1-14-19-22(18(25)20(14)11-15-5-3-2-4-6-15)13-21(16-7-8-16)17-9-10-26(23,24)12-17/h2-6,16-17H,7-13H2,1H3/t17-/m0/s1. The zero-order valence-corrected chi connectivity index (χ0v) is 16.5. The normalized spacial score (nSPS) is 22.2. The summed E-state index contributed by atoms with van der Waals surface area (Å²) in [6.45, 7) is 3.25. The van der Waals surface area contributed by atoms with E-state index in [1.54, 1.807) is 0 Å². The van der Waals surface area contributed by atoms with Crippen molar-refractivity contribution < 1.29 is 8.42 Å². The summed E-state index contributed by atoms with van der Waals surface area (Å²) in [7, 11) is -2.89. The van der Waals surface area contributed by atoms with E-state index < -0.39 is 9.84 Å². The smallest absolute Gasteiger partial charge is 0.199 e. The molecule has 140 valence electrons. The van der Waals surface area contributed by atoms with Crippen LogP contribution in [0.25, 0.3) is 0 Å². The maximum absolute atomic E-state index is 11.9. The van der Waals surface area contributed by atoms with Gasteiger partial charge in [-0.2, -0.15) is 5.10 Å². The molecule has 1 aliphatic heterocycles. The highest BCUT2D eigenvalue weighted by Crippen LogP contribution is 2.32. The molecular weight excluding hydrogens is 368 g/mol. The van der Waals surface area contributed by atoms with Crippen molar-refractivity contribution >= 4 is 22.1 Å². The topological polar surface area (TPSA) is 60.1 Å². The third kappa shape index (κ3) is 3.77. The molecule has 0 radical (unpaired) electrons. The van der Waals surface area contributed by atoms with E-state index in [9.17, 15) is 8.42 Å². The molecule has 2 aromatic rings. The SMILES string of the molecule is Cc1nn(CN(C2CC2)[C@H]2CCS(=O)(=O)C2)c(=S)n1Cc1ccccc1. The van der Waals surface area contributed by atoms with Gasteiger partial charge in [-0.05, 0) is 44.0 Å². The predicted octanol–water partition coefficient (Wildman–Crippen LogP) is 2.38. The Bertz CT molecular complexity index is 945. The molecule has 0 spiro atoms. The number of rotatable bonds is 6. The molecule has 1 aromatic heterocycles. The Labute approximate surface area is 159 Å². The summed E-state index contributed by atoms with van der Waals surface area (Å²) in [6, 6.07) is 10.8. The molecule has 8 heteroatoms. The van der Waals surface area contributed by atoms with Gasteiger partial charge in [-0.3, -0.25) is 9.47 Å². The van der Waals surface area contributed by atoms with Crippen molar-refractivity contribution in [3.63, 3.8) is 0 Å². The van der Waals surface area contributed by atoms with Gasteiger partial charge >= 0.3 is 0 Å². The molecule has 26 heavy (non-hydrogen) atoms. The Balaban J connectivity index is 1.56. The highest BCUT2D eigenvalue weighted by atomic mass is 32.2. The Morgan fingerprint density at radius 2 is 1.92 bits per heavy atom. The monoisotopic (exact) mass is 392 g/mol. The predicted molar refractivity (Wildman–Crippen MR) is 103 cm³/mol. The zero-order valence-electron chi connectivity index (χ0n) is 14.9. The van der Waals surface area contributed by atoms with E-state index in [0.717, 1.165) is 25.1 Å². The van der Waals surface area contributed by atoms with E-state index >= 15 is 0 Å². The second-order valence-electron chi connectivity index (χ2n) is 7.34. The molecule has 2 heterocycles. The number of hydrogen-bond acceptors (Lipinski definition) is 5. The number of aromatic nitrogens is 3. The Kier molecular flexibility index (Phi) is 4.75. The molecule has 1 saturated heterocycles. The van der Waals surface area contributed by atoms with Crippen molar-refractivity contribution in [3.8, 4) is 0 Å². The summed E-state index contributed by atoms with van der Waals surface area (Å²) in [5, 5.41) is 4.65. The fourth-order valence-corrected chi connectivity index (χ4v) is 5.75. The molecular formula is C18H24N4O2S2. The van der Waals surface area contributed by atoms with Crippen molar-refractivity contribution in [1.82, 2.24) is 19.2 Å². The minimum absolute atomic E-state index is 0.0916. The molecule has 2 fully saturated rings. The number of sulfone groups is 1. The quantitative estimate of drug-likeness (QED) is 0.707. The first-order valence-corrected chi connectivity index (χ1v) is 11.3. The van der Waals surface area contributed by atoms with Crippen LogP contribution < -0.4 is 0 Å². The summed E-state index contributed by atoms with van der Waals surface area (Å²) in [4.78, 5) is 2.31. The van der Waals surface area contributed by atoms with Crippen LogP contribution in [0.4, 0.5) is 0 Å². The molecule has 0 bridgehead atoms. The van der Waals surface area contributed by atoms with Gasteiger partial charge in [0.2, 0.25) is 0 Å². The summed E-state index contributed by atoms with van der Waals surface area (Å²) in [5.41, 5.74) is 1.19. The Hall–Kier alpha value is -1.51. The Morgan fingerprint density at radius 1 is 1.19 bits per heavy atom. The van der Waals surface area contributed by atoms with Crippen molar-refractivity contribution in [2.75, 3.05) is 11.5 Å². The summed E-state index contributed by atoms with van der Waals surface area (Å²) >= 11 is 5.68. The first-order chi connectivity index (χ1) is 12.4. The van der Waals surface area contributed by atoms with Gasteiger partial charge in [0.1, 0.15) is 5.82 Å². The molecule has 0 N–H and O–H groups in total. The van der Waals surface area contributed by atoms with Gasteiger partial charge in [0.25, 0.3) is 0 Å². The number of benzene rings is 1. The van der Waals surface area contributed by atoms with Crippen LogP contribution >= 0.6 is 12.2 Å². The van der Waals surface area contributed by atoms with Crippen LogP contribution in [0.15, 0.2) is 30.3 Å². The lowest BCUT2D eigenvalue weighted by molar-refractivity contribution is 0.145.